The van der Waals surface area contributed by atoms with Gasteiger partial charge >= 0.3 is 0 Å². The van der Waals surface area contributed by atoms with Crippen molar-refractivity contribution in [3.8, 4) is 0 Å². The van der Waals surface area contributed by atoms with Crippen molar-refractivity contribution in [1.29, 1.82) is 0 Å². The Morgan fingerprint density at radius 3 is 2.50 bits per heavy atom. The highest BCUT2D eigenvalue weighted by atomic mass is 16.5. The predicted molar refractivity (Wildman–Crippen MR) is 70.6 cm³/mol. The molecule has 98 valence electrons. The number of piperazine rings is 1. The fourth-order valence-electron chi connectivity index (χ4n) is 3.07. The van der Waals surface area contributed by atoms with Crippen LogP contribution in [0.4, 0.5) is 0 Å². The maximum absolute atomic E-state index is 5.54. The minimum Gasteiger partial charge on any atom is -0.379 e. The molecule has 3 heterocycles. The highest BCUT2D eigenvalue weighted by Gasteiger charge is 2.47. The molecule has 18 heavy (non-hydrogen) atoms. The van der Waals surface area contributed by atoms with E-state index >= 15 is 0 Å². The van der Waals surface area contributed by atoms with Crippen LogP contribution in [0.15, 0.2) is 24.5 Å². The second-order valence-electron chi connectivity index (χ2n) is 5.35. The van der Waals surface area contributed by atoms with Gasteiger partial charge in [0.05, 0.1) is 18.6 Å². The summed E-state index contributed by atoms with van der Waals surface area (Å²) in [6.45, 7) is 8.47. The predicted octanol–water partition coefficient (Wildman–Crippen LogP) is 0.643. The topological polar surface area (TPSA) is 37.4 Å². The van der Waals surface area contributed by atoms with E-state index < -0.39 is 0 Å². The third-order valence-corrected chi connectivity index (χ3v) is 4.47. The lowest BCUT2D eigenvalue weighted by atomic mass is 9.72. The molecule has 2 saturated heterocycles. The fourth-order valence-corrected chi connectivity index (χ4v) is 3.07. The Morgan fingerprint density at radius 2 is 1.94 bits per heavy atom. The van der Waals surface area contributed by atoms with E-state index in [0.29, 0.717) is 6.04 Å². The number of hydrogen-bond acceptors (Lipinski definition) is 4. The van der Waals surface area contributed by atoms with Gasteiger partial charge in [-0.25, -0.2) is 0 Å². The molecule has 1 atom stereocenters. The number of aromatic nitrogens is 1. The van der Waals surface area contributed by atoms with Gasteiger partial charge in [-0.05, 0) is 24.6 Å². The van der Waals surface area contributed by atoms with E-state index in [1.165, 1.54) is 5.56 Å². The van der Waals surface area contributed by atoms with Crippen LogP contribution in [0.1, 0.15) is 12.5 Å². The number of rotatable bonds is 3. The Bertz CT molecular complexity index is 385. The third-order valence-electron chi connectivity index (χ3n) is 4.47. The quantitative estimate of drug-likeness (QED) is 0.851. The molecular formula is C14H21N3O. The fraction of sp³-hybridized carbons (Fsp3) is 0.643. The second-order valence-corrected chi connectivity index (χ2v) is 5.35. The van der Waals surface area contributed by atoms with Crippen molar-refractivity contribution in [1.82, 2.24) is 15.2 Å². The lowest BCUT2D eigenvalue weighted by Gasteiger charge is -2.51. The molecule has 1 N–H and O–H groups in total. The summed E-state index contributed by atoms with van der Waals surface area (Å²) in [7, 11) is 0. The zero-order valence-corrected chi connectivity index (χ0v) is 10.9. The molecule has 4 heteroatoms. The molecule has 2 aliphatic rings. The van der Waals surface area contributed by atoms with E-state index in [0.717, 1.165) is 39.4 Å². The SMILES string of the molecule is CC(N1CCNCC1)C1(c2ccncc2)COC1. The van der Waals surface area contributed by atoms with Crippen molar-refractivity contribution in [3.05, 3.63) is 30.1 Å². The first-order chi connectivity index (χ1) is 8.83. The molecular weight excluding hydrogens is 226 g/mol. The first-order valence-corrected chi connectivity index (χ1v) is 6.76. The van der Waals surface area contributed by atoms with Crippen molar-refractivity contribution < 1.29 is 4.74 Å². The van der Waals surface area contributed by atoms with Crippen LogP contribution in [0, 0.1) is 0 Å². The summed E-state index contributed by atoms with van der Waals surface area (Å²) in [6.07, 6.45) is 3.78. The molecule has 0 amide bonds. The molecule has 2 fully saturated rings. The molecule has 2 aliphatic heterocycles. The minimum atomic E-state index is 0.167. The Hall–Kier alpha value is -0.970. The van der Waals surface area contributed by atoms with E-state index in [1.807, 2.05) is 12.4 Å². The van der Waals surface area contributed by atoms with Crippen molar-refractivity contribution in [2.45, 2.75) is 18.4 Å². The summed E-state index contributed by atoms with van der Waals surface area (Å²) >= 11 is 0. The maximum Gasteiger partial charge on any atom is 0.0600 e. The summed E-state index contributed by atoms with van der Waals surface area (Å²) in [5, 5.41) is 3.41. The van der Waals surface area contributed by atoms with Crippen LogP contribution in [0.3, 0.4) is 0 Å². The van der Waals surface area contributed by atoms with Gasteiger partial charge in [-0.2, -0.15) is 0 Å². The zero-order valence-electron chi connectivity index (χ0n) is 10.9. The molecule has 0 aliphatic carbocycles. The molecule has 0 bridgehead atoms. The summed E-state index contributed by atoms with van der Waals surface area (Å²) < 4.78 is 5.54. The van der Waals surface area contributed by atoms with E-state index in [4.69, 9.17) is 4.74 Å². The molecule has 1 unspecified atom stereocenters. The van der Waals surface area contributed by atoms with Gasteiger partial charge in [-0.1, -0.05) is 0 Å². The normalized spacial score (nSPS) is 25.4. The molecule has 3 rings (SSSR count). The highest BCUT2D eigenvalue weighted by Crippen LogP contribution is 2.37. The van der Waals surface area contributed by atoms with Crippen LogP contribution >= 0.6 is 0 Å². The van der Waals surface area contributed by atoms with Gasteiger partial charge in [0.25, 0.3) is 0 Å². The zero-order chi connectivity index (χ0) is 12.4. The highest BCUT2D eigenvalue weighted by molar-refractivity contribution is 5.28. The van der Waals surface area contributed by atoms with Gasteiger partial charge in [-0.3, -0.25) is 9.88 Å². The molecule has 0 aromatic carbocycles. The van der Waals surface area contributed by atoms with Gasteiger partial charge in [-0.15, -0.1) is 0 Å². The van der Waals surface area contributed by atoms with Gasteiger partial charge in [0.15, 0.2) is 0 Å². The standard InChI is InChI=1S/C14H21N3O/c1-12(17-8-6-16-7-9-17)14(10-18-11-14)13-2-4-15-5-3-13/h2-5,12,16H,6-11H2,1H3. The third kappa shape index (κ3) is 1.94. The van der Waals surface area contributed by atoms with Crippen molar-refractivity contribution >= 4 is 0 Å². The first kappa shape index (κ1) is 12.1. The number of hydrogen-bond donors (Lipinski definition) is 1. The monoisotopic (exact) mass is 247 g/mol. The van der Waals surface area contributed by atoms with Gasteiger partial charge in [0.2, 0.25) is 0 Å². The van der Waals surface area contributed by atoms with Crippen LogP contribution in [-0.4, -0.2) is 55.3 Å². The Morgan fingerprint density at radius 1 is 1.28 bits per heavy atom. The summed E-state index contributed by atoms with van der Waals surface area (Å²) in [5.41, 5.74) is 1.54. The molecule has 1 aromatic heterocycles. The summed E-state index contributed by atoms with van der Waals surface area (Å²) in [4.78, 5) is 6.71. The van der Waals surface area contributed by atoms with Crippen LogP contribution in [0.2, 0.25) is 0 Å². The average molecular weight is 247 g/mol. The summed E-state index contributed by atoms with van der Waals surface area (Å²) in [6, 6.07) is 4.80. The summed E-state index contributed by atoms with van der Waals surface area (Å²) in [5.74, 6) is 0. The molecule has 0 radical (unpaired) electrons. The smallest absolute Gasteiger partial charge is 0.0600 e. The van der Waals surface area contributed by atoms with E-state index in [1.54, 1.807) is 0 Å². The minimum absolute atomic E-state index is 0.167. The van der Waals surface area contributed by atoms with Crippen LogP contribution in [0.5, 0.6) is 0 Å². The first-order valence-electron chi connectivity index (χ1n) is 6.76. The van der Waals surface area contributed by atoms with Crippen molar-refractivity contribution in [2.75, 3.05) is 39.4 Å². The Labute approximate surface area is 108 Å². The number of ether oxygens (including phenoxy) is 1. The molecule has 1 aromatic rings. The van der Waals surface area contributed by atoms with Gasteiger partial charge in [0.1, 0.15) is 0 Å². The van der Waals surface area contributed by atoms with Crippen LogP contribution < -0.4 is 5.32 Å². The van der Waals surface area contributed by atoms with Crippen molar-refractivity contribution in [2.24, 2.45) is 0 Å². The van der Waals surface area contributed by atoms with E-state index in [-0.39, 0.29) is 5.41 Å². The van der Waals surface area contributed by atoms with Gasteiger partial charge < -0.3 is 10.1 Å². The van der Waals surface area contributed by atoms with Crippen molar-refractivity contribution in [3.63, 3.8) is 0 Å². The number of nitrogens with zero attached hydrogens (tertiary/aromatic N) is 2. The molecule has 0 spiro atoms. The molecule has 4 nitrogen and oxygen atoms in total. The maximum atomic E-state index is 5.54. The second kappa shape index (κ2) is 4.96. The lowest BCUT2D eigenvalue weighted by Crippen LogP contribution is -2.62. The Balaban J connectivity index is 1.82. The van der Waals surface area contributed by atoms with Crippen LogP contribution in [-0.2, 0) is 10.2 Å². The number of nitrogens with one attached hydrogen (secondary N) is 1. The largest absolute Gasteiger partial charge is 0.379 e. The van der Waals surface area contributed by atoms with Gasteiger partial charge in [0, 0.05) is 44.6 Å². The lowest BCUT2D eigenvalue weighted by molar-refractivity contribution is -0.100. The molecule has 0 saturated carbocycles. The Kier molecular flexibility index (Phi) is 3.33. The van der Waals surface area contributed by atoms with Crippen LogP contribution in [0.25, 0.3) is 0 Å². The number of pyridine rings is 1. The van der Waals surface area contributed by atoms with E-state index in [9.17, 15) is 0 Å². The van der Waals surface area contributed by atoms with E-state index in [2.05, 4.69) is 34.3 Å². The average Bonchev–Trinajstić information content (AvgIpc) is 2.40.